The molecule has 0 spiro atoms. The van der Waals surface area contributed by atoms with E-state index in [0.717, 1.165) is 25.0 Å². The summed E-state index contributed by atoms with van der Waals surface area (Å²) in [6.45, 7) is 2.44. The van der Waals surface area contributed by atoms with Crippen molar-refractivity contribution in [3.63, 3.8) is 0 Å². The molecule has 0 bridgehead atoms. The zero-order valence-corrected chi connectivity index (χ0v) is 12.1. The number of nitrogens with two attached hydrogens (primary N) is 1. The highest BCUT2D eigenvalue weighted by Gasteiger charge is 2.39. The molecule has 1 aromatic carbocycles. The van der Waals surface area contributed by atoms with Crippen LogP contribution in [0, 0.1) is 11.6 Å². The SMILES string of the molecule is CCCCOCCC(CN)(C(=O)O)c1cc(F)cc(F)c1. The summed E-state index contributed by atoms with van der Waals surface area (Å²) in [4.78, 5) is 11.6. The Kier molecular flexibility index (Phi) is 6.71. The molecule has 118 valence electrons. The lowest BCUT2D eigenvalue weighted by molar-refractivity contribution is -0.144. The second-order valence-electron chi connectivity index (χ2n) is 4.97. The van der Waals surface area contributed by atoms with E-state index >= 15 is 0 Å². The highest BCUT2D eigenvalue weighted by molar-refractivity contribution is 5.81. The van der Waals surface area contributed by atoms with Gasteiger partial charge in [0.2, 0.25) is 0 Å². The highest BCUT2D eigenvalue weighted by Crippen LogP contribution is 2.29. The molecule has 1 aromatic rings. The van der Waals surface area contributed by atoms with Gasteiger partial charge in [-0.3, -0.25) is 4.79 Å². The number of carboxylic acid groups (broad SMARTS) is 1. The number of carbonyl (C=O) groups is 1. The smallest absolute Gasteiger partial charge is 0.315 e. The summed E-state index contributed by atoms with van der Waals surface area (Å²) in [6, 6.07) is 2.72. The number of hydrogen-bond donors (Lipinski definition) is 2. The summed E-state index contributed by atoms with van der Waals surface area (Å²) in [5.74, 6) is -2.86. The molecule has 4 nitrogen and oxygen atoms in total. The molecule has 0 aliphatic carbocycles. The van der Waals surface area contributed by atoms with E-state index in [-0.39, 0.29) is 25.1 Å². The fraction of sp³-hybridized carbons (Fsp3) is 0.533. The molecule has 3 N–H and O–H groups in total. The Hall–Kier alpha value is -1.53. The monoisotopic (exact) mass is 301 g/mol. The van der Waals surface area contributed by atoms with Gasteiger partial charge in [0.25, 0.3) is 0 Å². The first-order valence-corrected chi connectivity index (χ1v) is 6.94. The van der Waals surface area contributed by atoms with Gasteiger partial charge in [0, 0.05) is 25.8 Å². The molecule has 1 unspecified atom stereocenters. The molecule has 0 amide bonds. The van der Waals surface area contributed by atoms with Gasteiger partial charge in [-0.25, -0.2) is 8.78 Å². The maximum absolute atomic E-state index is 13.3. The van der Waals surface area contributed by atoms with E-state index in [9.17, 15) is 18.7 Å². The summed E-state index contributed by atoms with van der Waals surface area (Å²) in [7, 11) is 0. The van der Waals surface area contributed by atoms with Crippen LogP contribution in [0.4, 0.5) is 8.78 Å². The van der Waals surface area contributed by atoms with Crippen molar-refractivity contribution in [1.82, 2.24) is 0 Å². The second-order valence-corrected chi connectivity index (χ2v) is 4.97. The van der Waals surface area contributed by atoms with Crippen LogP contribution < -0.4 is 5.73 Å². The molecule has 0 aromatic heterocycles. The number of carboxylic acids is 1. The van der Waals surface area contributed by atoms with Crippen LogP contribution in [-0.4, -0.2) is 30.8 Å². The van der Waals surface area contributed by atoms with E-state index in [1.165, 1.54) is 0 Å². The minimum absolute atomic E-state index is 0.0223. The Morgan fingerprint density at radius 1 is 1.29 bits per heavy atom. The average molecular weight is 301 g/mol. The first kappa shape index (κ1) is 17.5. The second kappa shape index (κ2) is 8.05. The third kappa shape index (κ3) is 4.47. The largest absolute Gasteiger partial charge is 0.481 e. The van der Waals surface area contributed by atoms with Crippen LogP contribution in [0.5, 0.6) is 0 Å². The Morgan fingerprint density at radius 2 is 1.90 bits per heavy atom. The lowest BCUT2D eigenvalue weighted by atomic mass is 9.77. The topological polar surface area (TPSA) is 72.5 Å². The van der Waals surface area contributed by atoms with Crippen LogP contribution in [0.3, 0.4) is 0 Å². The molecule has 1 atom stereocenters. The van der Waals surface area contributed by atoms with Gasteiger partial charge in [-0.2, -0.15) is 0 Å². The standard InChI is InChI=1S/C15H21F2NO3/c1-2-3-5-21-6-4-15(10-18,14(19)20)11-7-12(16)9-13(17)8-11/h7-9H,2-6,10,18H2,1H3,(H,19,20). The number of aliphatic carboxylic acids is 1. The molecule has 0 fully saturated rings. The Bertz CT molecular complexity index is 462. The zero-order valence-electron chi connectivity index (χ0n) is 12.1. The maximum atomic E-state index is 13.3. The first-order valence-electron chi connectivity index (χ1n) is 6.94. The van der Waals surface area contributed by atoms with E-state index in [1.807, 2.05) is 6.92 Å². The predicted molar refractivity (Wildman–Crippen MR) is 75.1 cm³/mol. The van der Waals surface area contributed by atoms with Crippen molar-refractivity contribution in [2.24, 2.45) is 5.73 Å². The van der Waals surface area contributed by atoms with Crippen molar-refractivity contribution in [3.8, 4) is 0 Å². The summed E-state index contributed by atoms with van der Waals surface area (Å²) in [6.07, 6.45) is 1.90. The van der Waals surface area contributed by atoms with Gasteiger partial charge in [-0.15, -0.1) is 0 Å². The van der Waals surface area contributed by atoms with Crippen LogP contribution >= 0.6 is 0 Å². The minimum atomic E-state index is -1.55. The van der Waals surface area contributed by atoms with Gasteiger partial charge in [0.15, 0.2) is 0 Å². The lowest BCUT2D eigenvalue weighted by Gasteiger charge is -2.28. The fourth-order valence-electron chi connectivity index (χ4n) is 2.11. The summed E-state index contributed by atoms with van der Waals surface area (Å²) in [5.41, 5.74) is 4.08. The molecule has 0 saturated heterocycles. The number of rotatable bonds is 9. The molecule has 0 saturated carbocycles. The first-order chi connectivity index (χ1) is 9.96. The van der Waals surface area contributed by atoms with Crippen LogP contribution in [0.15, 0.2) is 18.2 Å². The maximum Gasteiger partial charge on any atom is 0.315 e. The normalized spacial score (nSPS) is 13.9. The van der Waals surface area contributed by atoms with Crippen molar-refractivity contribution in [1.29, 1.82) is 0 Å². The fourth-order valence-corrected chi connectivity index (χ4v) is 2.11. The summed E-state index contributed by atoms with van der Waals surface area (Å²) >= 11 is 0. The molecular weight excluding hydrogens is 280 g/mol. The summed E-state index contributed by atoms with van der Waals surface area (Å²) in [5, 5.41) is 9.48. The van der Waals surface area contributed by atoms with Crippen molar-refractivity contribution in [2.75, 3.05) is 19.8 Å². The van der Waals surface area contributed by atoms with E-state index in [0.29, 0.717) is 12.7 Å². The highest BCUT2D eigenvalue weighted by atomic mass is 19.1. The lowest BCUT2D eigenvalue weighted by Crippen LogP contribution is -2.44. The Labute approximate surface area is 122 Å². The van der Waals surface area contributed by atoms with E-state index < -0.39 is 23.0 Å². The van der Waals surface area contributed by atoms with Crippen molar-refractivity contribution in [2.45, 2.75) is 31.6 Å². The minimum Gasteiger partial charge on any atom is -0.481 e. The van der Waals surface area contributed by atoms with Crippen LogP contribution in [0.25, 0.3) is 0 Å². The van der Waals surface area contributed by atoms with E-state index in [1.54, 1.807) is 0 Å². The molecule has 0 radical (unpaired) electrons. The molecule has 1 rings (SSSR count). The third-order valence-corrected chi connectivity index (χ3v) is 3.49. The van der Waals surface area contributed by atoms with E-state index in [2.05, 4.69) is 0 Å². The predicted octanol–water partition coefficient (Wildman–Crippen LogP) is 2.45. The zero-order chi connectivity index (χ0) is 15.9. The molecule has 21 heavy (non-hydrogen) atoms. The average Bonchev–Trinajstić information content (AvgIpc) is 2.41. The van der Waals surface area contributed by atoms with Gasteiger partial charge < -0.3 is 15.6 Å². The summed E-state index contributed by atoms with van der Waals surface area (Å²) < 4.78 is 32.0. The van der Waals surface area contributed by atoms with Crippen LogP contribution in [-0.2, 0) is 14.9 Å². The van der Waals surface area contributed by atoms with E-state index in [4.69, 9.17) is 10.5 Å². The van der Waals surface area contributed by atoms with Gasteiger partial charge in [-0.1, -0.05) is 13.3 Å². The van der Waals surface area contributed by atoms with Crippen LogP contribution in [0.1, 0.15) is 31.7 Å². The van der Waals surface area contributed by atoms with Gasteiger partial charge in [0.1, 0.15) is 17.0 Å². The molecule has 0 heterocycles. The van der Waals surface area contributed by atoms with Gasteiger partial charge in [-0.05, 0) is 30.5 Å². The Morgan fingerprint density at radius 3 is 2.38 bits per heavy atom. The molecule has 6 heteroatoms. The van der Waals surface area contributed by atoms with Gasteiger partial charge in [0.05, 0.1) is 0 Å². The van der Waals surface area contributed by atoms with Gasteiger partial charge >= 0.3 is 5.97 Å². The molecule has 0 aliphatic heterocycles. The van der Waals surface area contributed by atoms with Crippen molar-refractivity contribution >= 4 is 5.97 Å². The molecule has 0 aliphatic rings. The Balaban J connectivity index is 2.95. The number of benzene rings is 1. The number of hydrogen-bond acceptors (Lipinski definition) is 3. The number of unbranched alkanes of at least 4 members (excludes halogenated alkanes) is 1. The quantitative estimate of drug-likeness (QED) is 0.687. The van der Waals surface area contributed by atoms with Crippen molar-refractivity contribution < 1.29 is 23.4 Å². The van der Waals surface area contributed by atoms with Crippen molar-refractivity contribution in [3.05, 3.63) is 35.4 Å². The van der Waals surface area contributed by atoms with Crippen LogP contribution in [0.2, 0.25) is 0 Å². The number of halogens is 2. The third-order valence-electron chi connectivity index (χ3n) is 3.49. The number of ether oxygens (including phenoxy) is 1. The molecular formula is C15H21F2NO3.